The molecule has 1 heterocycles. The molecule has 0 unspecified atom stereocenters. The fourth-order valence-electron chi connectivity index (χ4n) is 1.35. The first-order valence-electron chi connectivity index (χ1n) is 4.98. The Morgan fingerprint density at radius 2 is 2.06 bits per heavy atom. The summed E-state index contributed by atoms with van der Waals surface area (Å²) < 4.78 is 5.41. The summed E-state index contributed by atoms with van der Waals surface area (Å²) >= 11 is 5.66. The number of aryl methyl sites for hydroxylation is 1. The molecule has 0 aliphatic heterocycles. The third kappa shape index (κ3) is 2.38. The lowest BCUT2D eigenvalue weighted by molar-refractivity contribution is -0.386. The number of rotatable bonds is 3. The molecule has 0 saturated heterocycles. The average molecular weight is 266 g/mol. The SMILES string of the molecule is Cc1ccccc1Oc1ncnc(Cl)c1[N+](=O)[O-]. The van der Waals surface area contributed by atoms with Crippen molar-refractivity contribution in [1.82, 2.24) is 9.97 Å². The summed E-state index contributed by atoms with van der Waals surface area (Å²) in [4.78, 5) is 17.5. The number of nitro groups is 1. The van der Waals surface area contributed by atoms with E-state index in [1.165, 1.54) is 0 Å². The van der Waals surface area contributed by atoms with E-state index < -0.39 is 10.6 Å². The molecule has 18 heavy (non-hydrogen) atoms. The van der Waals surface area contributed by atoms with Crippen LogP contribution in [0.2, 0.25) is 5.15 Å². The van der Waals surface area contributed by atoms with Crippen molar-refractivity contribution >= 4 is 17.3 Å². The van der Waals surface area contributed by atoms with E-state index in [0.29, 0.717) is 5.75 Å². The number of nitrogens with zero attached hydrogens (tertiary/aromatic N) is 3. The molecule has 2 aromatic rings. The van der Waals surface area contributed by atoms with Gasteiger partial charge in [-0.15, -0.1) is 0 Å². The van der Waals surface area contributed by atoms with Crippen molar-refractivity contribution in [3.05, 3.63) is 51.4 Å². The molecule has 0 amide bonds. The number of hydrogen-bond donors (Lipinski definition) is 0. The second-order valence-electron chi connectivity index (χ2n) is 3.44. The van der Waals surface area contributed by atoms with E-state index in [2.05, 4.69) is 9.97 Å². The van der Waals surface area contributed by atoms with E-state index in [-0.39, 0.29) is 11.0 Å². The molecule has 0 fully saturated rings. The van der Waals surface area contributed by atoms with Crippen LogP contribution in [0.3, 0.4) is 0 Å². The van der Waals surface area contributed by atoms with Gasteiger partial charge in [0.1, 0.15) is 12.1 Å². The van der Waals surface area contributed by atoms with E-state index >= 15 is 0 Å². The molecule has 0 aliphatic carbocycles. The topological polar surface area (TPSA) is 78.2 Å². The number of halogens is 1. The van der Waals surface area contributed by atoms with Crippen molar-refractivity contribution in [1.29, 1.82) is 0 Å². The Labute approximate surface area is 107 Å². The van der Waals surface area contributed by atoms with Crippen LogP contribution in [0.25, 0.3) is 0 Å². The zero-order valence-electron chi connectivity index (χ0n) is 9.33. The maximum absolute atomic E-state index is 10.9. The first-order chi connectivity index (χ1) is 8.59. The largest absolute Gasteiger partial charge is 0.433 e. The second kappa shape index (κ2) is 4.97. The fourth-order valence-corrected chi connectivity index (χ4v) is 1.54. The molecule has 0 spiro atoms. The predicted molar refractivity (Wildman–Crippen MR) is 64.9 cm³/mol. The molecule has 0 saturated carbocycles. The molecular formula is C11H8ClN3O3. The molecule has 6 nitrogen and oxygen atoms in total. The van der Waals surface area contributed by atoms with Gasteiger partial charge in [-0.25, -0.2) is 4.98 Å². The van der Waals surface area contributed by atoms with Crippen LogP contribution in [-0.4, -0.2) is 14.9 Å². The monoisotopic (exact) mass is 265 g/mol. The first-order valence-corrected chi connectivity index (χ1v) is 5.35. The van der Waals surface area contributed by atoms with Gasteiger partial charge >= 0.3 is 11.6 Å². The van der Waals surface area contributed by atoms with Crippen LogP contribution in [0, 0.1) is 17.0 Å². The Hall–Kier alpha value is -2.21. The zero-order valence-corrected chi connectivity index (χ0v) is 10.1. The summed E-state index contributed by atoms with van der Waals surface area (Å²) in [6.07, 6.45) is 1.11. The van der Waals surface area contributed by atoms with Gasteiger partial charge in [-0.1, -0.05) is 29.8 Å². The minimum Gasteiger partial charge on any atom is -0.433 e. The first kappa shape index (κ1) is 12.3. The van der Waals surface area contributed by atoms with E-state index in [9.17, 15) is 10.1 Å². The highest BCUT2D eigenvalue weighted by molar-refractivity contribution is 6.31. The van der Waals surface area contributed by atoms with E-state index in [4.69, 9.17) is 16.3 Å². The lowest BCUT2D eigenvalue weighted by Gasteiger charge is -2.07. The number of benzene rings is 1. The molecule has 2 rings (SSSR count). The van der Waals surface area contributed by atoms with Crippen LogP contribution in [0.4, 0.5) is 5.69 Å². The quantitative estimate of drug-likeness (QED) is 0.484. The molecule has 0 radical (unpaired) electrons. The van der Waals surface area contributed by atoms with E-state index in [1.54, 1.807) is 12.1 Å². The third-order valence-electron chi connectivity index (χ3n) is 2.23. The van der Waals surface area contributed by atoms with Gasteiger partial charge in [-0.2, -0.15) is 4.98 Å². The average Bonchev–Trinajstić information content (AvgIpc) is 2.31. The van der Waals surface area contributed by atoms with Gasteiger partial charge in [0.15, 0.2) is 0 Å². The van der Waals surface area contributed by atoms with Crippen LogP contribution in [0.15, 0.2) is 30.6 Å². The van der Waals surface area contributed by atoms with Crippen molar-refractivity contribution in [3.8, 4) is 11.6 Å². The Morgan fingerprint density at radius 1 is 1.33 bits per heavy atom. The minimum atomic E-state index is -0.671. The summed E-state index contributed by atoms with van der Waals surface area (Å²) in [5, 5.41) is 10.6. The highest BCUT2D eigenvalue weighted by atomic mass is 35.5. The van der Waals surface area contributed by atoms with Gasteiger partial charge in [0, 0.05) is 0 Å². The minimum absolute atomic E-state index is 0.172. The van der Waals surface area contributed by atoms with Crippen molar-refractivity contribution in [2.75, 3.05) is 0 Å². The highest BCUT2D eigenvalue weighted by Gasteiger charge is 2.23. The normalized spacial score (nSPS) is 10.1. The Balaban J connectivity index is 2.44. The van der Waals surface area contributed by atoms with Gasteiger partial charge in [-0.05, 0) is 18.6 Å². The summed E-state index contributed by atoms with van der Waals surface area (Å²) in [6, 6.07) is 7.11. The lowest BCUT2D eigenvalue weighted by Crippen LogP contribution is -1.99. The van der Waals surface area contributed by atoms with Crippen LogP contribution in [0.5, 0.6) is 11.6 Å². The Bertz CT molecular complexity index is 604. The van der Waals surface area contributed by atoms with Crippen molar-refractivity contribution in [3.63, 3.8) is 0 Å². The third-order valence-corrected chi connectivity index (χ3v) is 2.50. The molecular weight excluding hydrogens is 258 g/mol. The van der Waals surface area contributed by atoms with E-state index in [1.807, 2.05) is 19.1 Å². The number of hydrogen-bond acceptors (Lipinski definition) is 5. The molecule has 0 N–H and O–H groups in total. The zero-order chi connectivity index (χ0) is 13.1. The fraction of sp³-hybridized carbons (Fsp3) is 0.0909. The number of ether oxygens (including phenoxy) is 1. The van der Waals surface area contributed by atoms with Gasteiger partial charge in [0.2, 0.25) is 5.15 Å². The maximum atomic E-state index is 10.9. The standard InChI is InChI=1S/C11H8ClN3O3/c1-7-4-2-3-5-8(7)18-11-9(15(16)17)10(12)13-6-14-11/h2-6H,1H3. The molecule has 92 valence electrons. The molecule has 1 aromatic heterocycles. The lowest BCUT2D eigenvalue weighted by atomic mass is 10.2. The highest BCUT2D eigenvalue weighted by Crippen LogP contribution is 2.34. The van der Waals surface area contributed by atoms with Gasteiger partial charge < -0.3 is 4.74 Å². The smallest absolute Gasteiger partial charge is 0.368 e. The van der Waals surface area contributed by atoms with Crippen molar-refractivity contribution in [2.24, 2.45) is 0 Å². The second-order valence-corrected chi connectivity index (χ2v) is 3.80. The van der Waals surface area contributed by atoms with Crippen LogP contribution >= 0.6 is 11.6 Å². The van der Waals surface area contributed by atoms with E-state index in [0.717, 1.165) is 11.9 Å². The van der Waals surface area contributed by atoms with Crippen LogP contribution < -0.4 is 4.74 Å². The molecule has 0 bridgehead atoms. The van der Waals surface area contributed by atoms with Crippen molar-refractivity contribution < 1.29 is 9.66 Å². The molecule has 0 atom stereocenters. The summed E-state index contributed by atoms with van der Waals surface area (Å²) in [5.74, 6) is 0.310. The summed E-state index contributed by atoms with van der Waals surface area (Å²) in [5.41, 5.74) is 0.393. The Morgan fingerprint density at radius 3 is 2.72 bits per heavy atom. The summed E-state index contributed by atoms with van der Waals surface area (Å²) in [6.45, 7) is 1.82. The number of para-hydroxylation sites is 1. The summed E-state index contributed by atoms with van der Waals surface area (Å²) in [7, 11) is 0. The van der Waals surface area contributed by atoms with Gasteiger partial charge in [0.05, 0.1) is 4.92 Å². The maximum Gasteiger partial charge on any atom is 0.368 e. The van der Waals surface area contributed by atoms with Gasteiger partial charge in [0.25, 0.3) is 0 Å². The predicted octanol–water partition coefficient (Wildman–Crippen LogP) is 3.14. The van der Waals surface area contributed by atoms with Gasteiger partial charge in [-0.3, -0.25) is 10.1 Å². The van der Waals surface area contributed by atoms with Crippen LogP contribution in [-0.2, 0) is 0 Å². The Kier molecular flexibility index (Phi) is 3.38. The molecule has 0 aliphatic rings. The molecule has 1 aromatic carbocycles. The molecule has 7 heteroatoms. The van der Waals surface area contributed by atoms with Crippen molar-refractivity contribution in [2.45, 2.75) is 6.92 Å². The number of aromatic nitrogens is 2. The van der Waals surface area contributed by atoms with Crippen LogP contribution in [0.1, 0.15) is 5.56 Å².